The van der Waals surface area contributed by atoms with Gasteiger partial charge in [0.05, 0.1) is 12.5 Å². The number of hydrogen-bond acceptors (Lipinski definition) is 6. The lowest BCUT2D eigenvalue weighted by Crippen LogP contribution is -2.54. The van der Waals surface area contributed by atoms with Gasteiger partial charge in [-0.15, -0.1) is 0 Å². The molecule has 2 aromatic carbocycles. The number of aromatic amines is 1. The van der Waals surface area contributed by atoms with Crippen molar-refractivity contribution in [2.24, 2.45) is 5.41 Å². The summed E-state index contributed by atoms with van der Waals surface area (Å²) in [4.78, 5) is 61.6. The summed E-state index contributed by atoms with van der Waals surface area (Å²) >= 11 is 0. The Bertz CT molecular complexity index is 1550. The Labute approximate surface area is 269 Å². The zero-order valence-corrected chi connectivity index (χ0v) is 26.1. The Kier molecular flexibility index (Phi) is 11.5. The highest BCUT2D eigenvalue weighted by Crippen LogP contribution is 2.58. The van der Waals surface area contributed by atoms with Crippen LogP contribution >= 0.6 is 0 Å². The molecule has 0 aliphatic heterocycles. The van der Waals surface area contributed by atoms with E-state index in [1.807, 2.05) is 18.2 Å². The molecule has 3 unspecified atom stereocenters. The smallest absolute Gasteiger partial charge is 0.439 e. The lowest BCUT2D eigenvalue weighted by molar-refractivity contribution is -0.353. The molecule has 1 fully saturated rings. The Hall–Kier alpha value is -4.59. The standard InChI is InChI=1S/C33H39F3N4O7/c1-20(30(44)40-22(17-21-9-4-3-5-10-21)18-38-28(41)15-16-29(42)43)39-31(45)47-46-27-14-8-12-25(32(27,2)33(34,35)36)24-19-37-26-13-7-6-11-23(24)26/h3-7,9-11,13,19-20,22,25,27,37H,8,12,14-18H2,1-2H3,(H,38,41)(H,39,45)(H,40,44)(H,42,43)/t20?,22-,25?,27+,32?/m1/s1. The highest BCUT2D eigenvalue weighted by atomic mass is 19.4. The van der Waals surface area contributed by atoms with E-state index in [1.165, 1.54) is 6.92 Å². The number of hydrogen-bond donors (Lipinski definition) is 5. The molecule has 47 heavy (non-hydrogen) atoms. The summed E-state index contributed by atoms with van der Waals surface area (Å²) in [5.41, 5.74) is -0.327. The highest BCUT2D eigenvalue weighted by molar-refractivity contribution is 5.86. The molecule has 3 amide bonds. The molecule has 4 rings (SSSR count). The lowest BCUT2D eigenvalue weighted by atomic mass is 9.62. The lowest BCUT2D eigenvalue weighted by Gasteiger charge is -2.46. The van der Waals surface area contributed by atoms with Crippen molar-refractivity contribution in [3.8, 4) is 0 Å². The zero-order chi connectivity index (χ0) is 34.2. The minimum Gasteiger partial charge on any atom is -0.481 e. The van der Waals surface area contributed by atoms with E-state index in [-0.39, 0.29) is 32.2 Å². The van der Waals surface area contributed by atoms with Gasteiger partial charge in [0.2, 0.25) is 11.8 Å². The topological polar surface area (TPSA) is 159 Å². The van der Waals surface area contributed by atoms with E-state index in [9.17, 15) is 32.3 Å². The average molecular weight is 661 g/mol. The van der Waals surface area contributed by atoms with Crippen molar-refractivity contribution in [2.75, 3.05) is 6.54 Å². The van der Waals surface area contributed by atoms with E-state index in [2.05, 4.69) is 20.9 Å². The second kappa shape index (κ2) is 15.3. The van der Waals surface area contributed by atoms with Crippen molar-refractivity contribution in [3.05, 3.63) is 71.9 Å². The third-order valence-electron chi connectivity index (χ3n) is 8.71. The first-order valence-electron chi connectivity index (χ1n) is 15.4. The van der Waals surface area contributed by atoms with Crippen molar-refractivity contribution in [3.63, 3.8) is 0 Å². The van der Waals surface area contributed by atoms with E-state index >= 15 is 0 Å². The van der Waals surface area contributed by atoms with Gasteiger partial charge in [0, 0.05) is 36.0 Å². The van der Waals surface area contributed by atoms with Gasteiger partial charge in [-0.3, -0.25) is 19.3 Å². The van der Waals surface area contributed by atoms with E-state index in [1.54, 1.807) is 42.6 Å². The normalized spacial score (nSPS) is 21.0. The second-order valence-electron chi connectivity index (χ2n) is 12.0. The molecule has 0 radical (unpaired) electrons. The van der Waals surface area contributed by atoms with Crippen LogP contribution in [0.4, 0.5) is 18.0 Å². The van der Waals surface area contributed by atoms with E-state index in [0.717, 1.165) is 12.5 Å². The number of para-hydroxylation sites is 1. The van der Waals surface area contributed by atoms with Gasteiger partial charge in [0.25, 0.3) is 0 Å². The summed E-state index contributed by atoms with van der Waals surface area (Å²) in [6, 6.07) is 14.3. The van der Waals surface area contributed by atoms with Crippen LogP contribution < -0.4 is 16.0 Å². The maximum Gasteiger partial charge on any atom is 0.439 e. The van der Waals surface area contributed by atoms with Crippen molar-refractivity contribution < 1.29 is 47.2 Å². The van der Waals surface area contributed by atoms with Crippen LogP contribution in [0.5, 0.6) is 0 Å². The van der Waals surface area contributed by atoms with Gasteiger partial charge in [0.15, 0.2) is 0 Å². The zero-order valence-electron chi connectivity index (χ0n) is 26.1. The van der Waals surface area contributed by atoms with Crippen molar-refractivity contribution in [2.45, 2.75) is 82.7 Å². The molecular weight excluding hydrogens is 621 g/mol. The molecule has 1 aliphatic rings. The second-order valence-corrected chi connectivity index (χ2v) is 12.0. The number of halogens is 3. The fourth-order valence-electron chi connectivity index (χ4n) is 6.03. The molecular formula is C33H39F3N4O7. The maximum absolute atomic E-state index is 14.8. The SMILES string of the molecule is CC(NC(=O)OO[C@H]1CCCC(c2c[nH]c3ccccc23)C1(C)C(F)(F)F)C(=O)N[C@@H](CNC(=O)CCC(=O)O)Cc1ccccc1. The van der Waals surface area contributed by atoms with Gasteiger partial charge in [-0.2, -0.15) is 18.1 Å². The molecule has 14 heteroatoms. The van der Waals surface area contributed by atoms with E-state index < -0.39 is 59.6 Å². The fourth-order valence-corrected chi connectivity index (χ4v) is 6.03. The first-order chi connectivity index (χ1) is 22.3. The average Bonchev–Trinajstić information content (AvgIpc) is 3.46. The Morgan fingerprint density at radius 3 is 2.43 bits per heavy atom. The van der Waals surface area contributed by atoms with Gasteiger partial charge in [-0.05, 0) is 50.3 Å². The van der Waals surface area contributed by atoms with Crippen LogP contribution in [0.25, 0.3) is 10.9 Å². The third kappa shape index (κ3) is 8.82. The van der Waals surface area contributed by atoms with Crippen molar-refractivity contribution in [1.29, 1.82) is 0 Å². The number of aromatic nitrogens is 1. The quantitative estimate of drug-likeness (QED) is 0.126. The first kappa shape index (κ1) is 35.3. The van der Waals surface area contributed by atoms with Crippen LogP contribution in [0, 0.1) is 5.41 Å². The van der Waals surface area contributed by atoms with Gasteiger partial charge in [0.1, 0.15) is 17.6 Å². The van der Waals surface area contributed by atoms with Crippen LogP contribution in [0.2, 0.25) is 0 Å². The van der Waals surface area contributed by atoms with Crippen LogP contribution in [0.3, 0.4) is 0 Å². The summed E-state index contributed by atoms with van der Waals surface area (Å²) in [6.07, 6.45) is -5.49. The molecule has 3 aromatic rings. The van der Waals surface area contributed by atoms with Gasteiger partial charge in [-0.1, -0.05) is 55.0 Å². The van der Waals surface area contributed by atoms with Crippen molar-refractivity contribution in [1.82, 2.24) is 20.9 Å². The summed E-state index contributed by atoms with van der Waals surface area (Å²) in [5, 5.41) is 17.1. The van der Waals surface area contributed by atoms with Gasteiger partial charge < -0.3 is 26.0 Å². The Morgan fingerprint density at radius 2 is 1.72 bits per heavy atom. The number of carboxylic acid groups (broad SMARTS) is 1. The summed E-state index contributed by atoms with van der Waals surface area (Å²) in [6.45, 7) is 2.41. The molecule has 1 heterocycles. The minimum absolute atomic E-state index is 0.00244. The number of fused-ring (bicyclic) bond motifs is 1. The number of benzene rings is 2. The maximum atomic E-state index is 14.8. The van der Waals surface area contributed by atoms with Crippen LogP contribution in [0.15, 0.2) is 60.8 Å². The number of aliphatic carboxylic acids is 1. The summed E-state index contributed by atoms with van der Waals surface area (Å²) < 4.78 is 44.3. The number of amides is 3. The fraction of sp³-hybridized carbons (Fsp3) is 0.455. The Balaban J connectivity index is 1.37. The Morgan fingerprint density at radius 1 is 1.02 bits per heavy atom. The largest absolute Gasteiger partial charge is 0.481 e. The molecule has 11 nitrogen and oxygen atoms in total. The number of carbonyl (C=O) groups is 4. The predicted octanol–water partition coefficient (Wildman–Crippen LogP) is 5.13. The monoisotopic (exact) mass is 660 g/mol. The summed E-state index contributed by atoms with van der Waals surface area (Å²) in [7, 11) is 0. The number of rotatable bonds is 13. The first-order valence-corrected chi connectivity index (χ1v) is 15.4. The number of H-pyrrole nitrogens is 1. The molecule has 1 aliphatic carbocycles. The predicted molar refractivity (Wildman–Crippen MR) is 165 cm³/mol. The van der Waals surface area contributed by atoms with Gasteiger partial charge >= 0.3 is 18.2 Å². The minimum atomic E-state index is -4.70. The van der Waals surface area contributed by atoms with Crippen LogP contribution in [-0.2, 0) is 30.6 Å². The molecule has 5 atom stereocenters. The molecule has 0 saturated heterocycles. The molecule has 5 N–H and O–H groups in total. The number of carboxylic acids is 1. The van der Waals surface area contributed by atoms with E-state index in [0.29, 0.717) is 29.3 Å². The third-order valence-corrected chi connectivity index (χ3v) is 8.71. The molecule has 0 spiro atoms. The number of nitrogens with one attached hydrogen (secondary N) is 4. The van der Waals surface area contributed by atoms with Crippen LogP contribution in [-0.4, -0.2) is 64.9 Å². The molecule has 1 saturated carbocycles. The van der Waals surface area contributed by atoms with Crippen LogP contribution in [0.1, 0.15) is 63.0 Å². The number of alkyl halides is 3. The molecule has 0 bridgehead atoms. The molecule has 254 valence electrons. The van der Waals surface area contributed by atoms with E-state index in [4.69, 9.17) is 14.9 Å². The van der Waals surface area contributed by atoms with Crippen molar-refractivity contribution >= 4 is 34.8 Å². The molecule has 1 aromatic heterocycles. The van der Waals surface area contributed by atoms with Gasteiger partial charge in [-0.25, -0.2) is 4.79 Å². The number of carbonyl (C=O) groups excluding carboxylic acids is 3. The summed E-state index contributed by atoms with van der Waals surface area (Å²) in [5.74, 6) is -3.25. The highest BCUT2D eigenvalue weighted by Gasteiger charge is 2.63.